The summed E-state index contributed by atoms with van der Waals surface area (Å²) in [7, 11) is 0. The summed E-state index contributed by atoms with van der Waals surface area (Å²) in [5, 5.41) is 4.09. The molecule has 0 aliphatic carbocycles. The van der Waals surface area contributed by atoms with Gasteiger partial charge in [0.1, 0.15) is 0 Å². The van der Waals surface area contributed by atoms with Crippen molar-refractivity contribution in [2.24, 2.45) is 0 Å². The number of carbonyl (C=O) groups excluding carboxylic acids is 3. The molecule has 2 aromatic carbocycles. The standard InChI is InChI=1S/C20H19F3N2O3/c1-20(2,3)12-6-4-11(5-7-12)18(27)19(28)24-10-15(26)25-14-9-8-13(21)16(22)17(14)23/h4-9H,10H2,1-3H3,(H,24,28)(H,25,26). The smallest absolute Gasteiger partial charge is 0.292 e. The van der Waals surface area contributed by atoms with Crippen LogP contribution in [-0.2, 0) is 15.0 Å². The normalized spacial score (nSPS) is 11.1. The Balaban J connectivity index is 1.95. The van der Waals surface area contributed by atoms with E-state index in [-0.39, 0.29) is 11.0 Å². The molecule has 2 aromatic rings. The molecule has 8 heteroatoms. The van der Waals surface area contributed by atoms with Gasteiger partial charge in [0.2, 0.25) is 11.7 Å². The molecule has 148 valence electrons. The van der Waals surface area contributed by atoms with Crippen molar-refractivity contribution in [1.82, 2.24) is 5.32 Å². The molecular weight excluding hydrogens is 373 g/mol. The summed E-state index contributed by atoms with van der Waals surface area (Å²) in [5.74, 6) is -7.46. The van der Waals surface area contributed by atoms with Crippen molar-refractivity contribution in [3.8, 4) is 0 Å². The van der Waals surface area contributed by atoms with Crippen molar-refractivity contribution in [3.63, 3.8) is 0 Å². The van der Waals surface area contributed by atoms with Gasteiger partial charge in [0.15, 0.2) is 17.5 Å². The third kappa shape index (κ3) is 4.97. The summed E-state index contributed by atoms with van der Waals surface area (Å²) in [6, 6.07) is 7.99. The van der Waals surface area contributed by atoms with Crippen LogP contribution in [-0.4, -0.2) is 24.1 Å². The number of halogens is 3. The van der Waals surface area contributed by atoms with Crippen molar-refractivity contribution in [3.05, 3.63) is 65.0 Å². The van der Waals surface area contributed by atoms with Gasteiger partial charge in [-0.05, 0) is 23.1 Å². The molecule has 2 amide bonds. The van der Waals surface area contributed by atoms with E-state index in [1.807, 2.05) is 26.1 Å². The van der Waals surface area contributed by atoms with Gasteiger partial charge in [-0.1, -0.05) is 45.0 Å². The van der Waals surface area contributed by atoms with Crippen LogP contribution in [0.5, 0.6) is 0 Å². The van der Waals surface area contributed by atoms with Crippen LogP contribution >= 0.6 is 0 Å². The molecular formula is C20H19F3N2O3. The number of ketones is 1. The Morgan fingerprint density at radius 1 is 0.893 bits per heavy atom. The van der Waals surface area contributed by atoms with Gasteiger partial charge < -0.3 is 10.6 Å². The topological polar surface area (TPSA) is 75.3 Å². The zero-order chi connectivity index (χ0) is 21.1. The molecule has 0 atom stereocenters. The summed E-state index contributed by atoms with van der Waals surface area (Å²) in [6.07, 6.45) is 0. The molecule has 28 heavy (non-hydrogen) atoms. The number of rotatable bonds is 5. The molecule has 0 saturated carbocycles. The second kappa shape index (κ2) is 8.24. The highest BCUT2D eigenvalue weighted by atomic mass is 19.2. The summed E-state index contributed by atoms with van der Waals surface area (Å²) in [5.41, 5.74) is 0.439. The van der Waals surface area contributed by atoms with Crippen molar-refractivity contribution in [2.75, 3.05) is 11.9 Å². The summed E-state index contributed by atoms with van der Waals surface area (Å²) < 4.78 is 39.5. The van der Waals surface area contributed by atoms with Crippen LogP contribution in [0.4, 0.5) is 18.9 Å². The van der Waals surface area contributed by atoms with Gasteiger partial charge in [0.25, 0.3) is 5.91 Å². The number of Topliss-reactive ketones (excluding diaryl/α,β-unsaturated/α-hetero) is 1. The molecule has 0 aromatic heterocycles. The SMILES string of the molecule is CC(C)(C)c1ccc(C(=O)C(=O)NCC(=O)Nc2ccc(F)c(F)c2F)cc1. The highest BCUT2D eigenvalue weighted by Gasteiger charge is 2.20. The first kappa shape index (κ1) is 21.1. The van der Waals surface area contributed by atoms with Crippen molar-refractivity contribution in [1.29, 1.82) is 0 Å². The van der Waals surface area contributed by atoms with Gasteiger partial charge in [-0.15, -0.1) is 0 Å². The van der Waals surface area contributed by atoms with Crippen LogP contribution < -0.4 is 10.6 Å². The Morgan fingerprint density at radius 2 is 1.50 bits per heavy atom. The minimum Gasteiger partial charge on any atom is -0.340 e. The molecule has 0 bridgehead atoms. The van der Waals surface area contributed by atoms with Crippen LogP contribution in [0.1, 0.15) is 36.7 Å². The van der Waals surface area contributed by atoms with Crippen LogP contribution in [0.2, 0.25) is 0 Å². The molecule has 0 aliphatic heterocycles. The maximum Gasteiger partial charge on any atom is 0.292 e. The Labute approximate surface area is 159 Å². The molecule has 5 nitrogen and oxygen atoms in total. The lowest BCUT2D eigenvalue weighted by Gasteiger charge is -2.18. The first-order valence-corrected chi connectivity index (χ1v) is 8.37. The molecule has 0 fully saturated rings. The lowest BCUT2D eigenvalue weighted by Crippen LogP contribution is -2.37. The predicted molar refractivity (Wildman–Crippen MR) is 97.4 cm³/mol. The van der Waals surface area contributed by atoms with E-state index in [4.69, 9.17) is 0 Å². The van der Waals surface area contributed by atoms with Crippen LogP contribution in [0.15, 0.2) is 36.4 Å². The van der Waals surface area contributed by atoms with Crippen LogP contribution in [0, 0.1) is 17.5 Å². The molecule has 2 N–H and O–H groups in total. The number of benzene rings is 2. The molecule has 0 spiro atoms. The number of hydrogen-bond donors (Lipinski definition) is 2. The fraction of sp³-hybridized carbons (Fsp3) is 0.250. The van der Waals surface area contributed by atoms with E-state index in [1.54, 1.807) is 12.1 Å². The third-order valence-corrected chi connectivity index (χ3v) is 3.94. The molecule has 0 heterocycles. The van der Waals surface area contributed by atoms with E-state index < -0.39 is 47.3 Å². The quantitative estimate of drug-likeness (QED) is 0.466. The fourth-order valence-corrected chi connectivity index (χ4v) is 2.31. The summed E-state index contributed by atoms with van der Waals surface area (Å²) >= 11 is 0. The number of nitrogens with one attached hydrogen (secondary N) is 2. The van der Waals surface area contributed by atoms with Gasteiger partial charge in [-0.3, -0.25) is 14.4 Å². The Morgan fingerprint density at radius 3 is 2.07 bits per heavy atom. The summed E-state index contributed by atoms with van der Waals surface area (Å²) in [4.78, 5) is 35.8. The average molecular weight is 392 g/mol. The molecule has 0 aliphatic rings. The van der Waals surface area contributed by atoms with Crippen molar-refractivity contribution in [2.45, 2.75) is 26.2 Å². The minimum atomic E-state index is -1.73. The molecule has 0 radical (unpaired) electrons. The van der Waals surface area contributed by atoms with Crippen molar-refractivity contribution >= 4 is 23.3 Å². The second-order valence-corrected chi connectivity index (χ2v) is 7.11. The van der Waals surface area contributed by atoms with E-state index in [2.05, 4.69) is 5.32 Å². The van der Waals surface area contributed by atoms with Gasteiger partial charge in [0.05, 0.1) is 12.2 Å². The van der Waals surface area contributed by atoms with Crippen molar-refractivity contribution < 1.29 is 27.6 Å². The zero-order valence-corrected chi connectivity index (χ0v) is 15.5. The van der Waals surface area contributed by atoms with Gasteiger partial charge in [-0.2, -0.15) is 0 Å². The number of carbonyl (C=O) groups is 3. The average Bonchev–Trinajstić information content (AvgIpc) is 2.65. The molecule has 0 unspecified atom stereocenters. The van der Waals surface area contributed by atoms with Crippen LogP contribution in [0.3, 0.4) is 0 Å². The lowest BCUT2D eigenvalue weighted by molar-refractivity contribution is -0.121. The van der Waals surface area contributed by atoms with Gasteiger partial charge in [0, 0.05) is 5.56 Å². The van der Waals surface area contributed by atoms with E-state index in [9.17, 15) is 27.6 Å². The Hall–Kier alpha value is -3.16. The first-order chi connectivity index (χ1) is 13.0. The third-order valence-electron chi connectivity index (χ3n) is 3.94. The Kier molecular flexibility index (Phi) is 6.23. The lowest BCUT2D eigenvalue weighted by atomic mass is 9.86. The van der Waals surface area contributed by atoms with E-state index in [0.717, 1.165) is 11.6 Å². The zero-order valence-electron chi connectivity index (χ0n) is 15.5. The highest BCUT2D eigenvalue weighted by Crippen LogP contribution is 2.22. The fourth-order valence-electron chi connectivity index (χ4n) is 2.31. The summed E-state index contributed by atoms with van der Waals surface area (Å²) in [6.45, 7) is 5.37. The highest BCUT2D eigenvalue weighted by molar-refractivity contribution is 6.43. The maximum absolute atomic E-state index is 13.5. The number of anilines is 1. The van der Waals surface area contributed by atoms with Gasteiger partial charge in [-0.25, -0.2) is 13.2 Å². The molecule has 0 saturated heterocycles. The minimum absolute atomic E-state index is 0.114. The van der Waals surface area contributed by atoms with Crippen LogP contribution in [0.25, 0.3) is 0 Å². The largest absolute Gasteiger partial charge is 0.340 e. The maximum atomic E-state index is 13.5. The van der Waals surface area contributed by atoms with E-state index >= 15 is 0 Å². The second-order valence-electron chi connectivity index (χ2n) is 7.11. The Bertz CT molecular complexity index is 920. The van der Waals surface area contributed by atoms with E-state index in [0.29, 0.717) is 6.07 Å². The number of hydrogen-bond acceptors (Lipinski definition) is 3. The molecule has 2 rings (SSSR count). The monoisotopic (exact) mass is 392 g/mol. The first-order valence-electron chi connectivity index (χ1n) is 8.37. The number of amides is 2. The van der Waals surface area contributed by atoms with E-state index in [1.165, 1.54) is 12.1 Å². The van der Waals surface area contributed by atoms with Gasteiger partial charge >= 0.3 is 0 Å². The predicted octanol–water partition coefficient (Wildman–Crippen LogP) is 3.34.